The first-order valence-corrected chi connectivity index (χ1v) is 7.02. The maximum absolute atomic E-state index is 12.1. The number of hydrogen-bond donors (Lipinski definition) is 0. The minimum absolute atomic E-state index is 0.183. The van der Waals surface area contributed by atoms with Crippen LogP contribution in [0.2, 0.25) is 0 Å². The molecule has 0 aliphatic heterocycles. The Morgan fingerprint density at radius 2 is 2.10 bits per heavy atom. The van der Waals surface area contributed by atoms with Gasteiger partial charge in [-0.2, -0.15) is 4.98 Å². The van der Waals surface area contributed by atoms with Crippen LogP contribution in [0.4, 0.5) is 0 Å². The second-order valence-electron chi connectivity index (χ2n) is 5.30. The zero-order valence-corrected chi connectivity index (χ0v) is 11.5. The van der Waals surface area contributed by atoms with E-state index in [-0.39, 0.29) is 18.1 Å². The van der Waals surface area contributed by atoms with Gasteiger partial charge in [-0.05, 0) is 31.9 Å². The maximum atomic E-state index is 12.1. The van der Waals surface area contributed by atoms with Crippen molar-refractivity contribution in [2.24, 2.45) is 5.92 Å². The molecule has 0 radical (unpaired) electrons. The van der Waals surface area contributed by atoms with Crippen LogP contribution in [0.25, 0.3) is 11.5 Å². The quantitative estimate of drug-likeness (QED) is 0.855. The van der Waals surface area contributed by atoms with Gasteiger partial charge in [-0.15, -0.1) is 0 Å². The molecule has 20 heavy (non-hydrogen) atoms. The summed E-state index contributed by atoms with van der Waals surface area (Å²) in [6.45, 7) is 1.91. The summed E-state index contributed by atoms with van der Waals surface area (Å²) in [5.41, 5.74) is 1.57. The van der Waals surface area contributed by atoms with Crippen molar-refractivity contribution in [2.45, 2.75) is 39.0 Å². The van der Waals surface area contributed by atoms with Crippen molar-refractivity contribution in [3.05, 3.63) is 29.8 Å². The molecule has 0 bridgehead atoms. The van der Waals surface area contributed by atoms with Gasteiger partial charge in [-0.25, -0.2) is 4.98 Å². The van der Waals surface area contributed by atoms with E-state index in [9.17, 15) is 4.79 Å². The van der Waals surface area contributed by atoms with Crippen LogP contribution in [0.15, 0.2) is 22.7 Å². The molecule has 1 aliphatic rings. The summed E-state index contributed by atoms with van der Waals surface area (Å²) in [5.74, 6) is 1.24. The Morgan fingerprint density at radius 3 is 2.85 bits per heavy atom. The summed E-state index contributed by atoms with van der Waals surface area (Å²) in [4.78, 5) is 20.7. The average Bonchev–Trinajstić information content (AvgIpc) is 3.10. The Hall–Kier alpha value is -2.04. The molecule has 2 aromatic heterocycles. The molecule has 2 aromatic rings. The van der Waals surface area contributed by atoms with Crippen molar-refractivity contribution in [1.29, 1.82) is 0 Å². The molecule has 2 heterocycles. The summed E-state index contributed by atoms with van der Waals surface area (Å²) < 4.78 is 5.17. The monoisotopic (exact) mass is 271 g/mol. The lowest BCUT2D eigenvalue weighted by Gasteiger charge is -2.04. The largest absolute Gasteiger partial charge is 0.338 e. The van der Waals surface area contributed by atoms with Gasteiger partial charge in [-0.1, -0.05) is 24.1 Å². The van der Waals surface area contributed by atoms with Gasteiger partial charge in [0, 0.05) is 11.6 Å². The van der Waals surface area contributed by atoms with Crippen molar-refractivity contribution in [2.75, 3.05) is 0 Å². The van der Waals surface area contributed by atoms with Crippen LogP contribution in [0.3, 0.4) is 0 Å². The van der Waals surface area contributed by atoms with Crippen LogP contribution in [0.1, 0.15) is 37.3 Å². The first kappa shape index (κ1) is 13.0. The van der Waals surface area contributed by atoms with Gasteiger partial charge < -0.3 is 4.52 Å². The zero-order chi connectivity index (χ0) is 13.9. The van der Waals surface area contributed by atoms with E-state index in [1.807, 2.05) is 25.1 Å². The highest BCUT2D eigenvalue weighted by Crippen LogP contribution is 2.26. The third-order valence-electron chi connectivity index (χ3n) is 3.72. The lowest BCUT2D eigenvalue weighted by Crippen LogP contribution is -2.13. The molecule has 0 atom stereocenters. The average molecular weight is 271 g/mol. The molecule has 0 spiro atoms. The van der Waals surface area contributed by atoms with E-state index in [1.165, 1.54) is 0 Å². The van der Waals surface area contributed by atoms with Crippen LogP contribution in [0, 0.1) is 12.8 Å². The van der Waals surface area contributed by atoms with Crippen molar-refractivity contribution < 1.29 is 9.32 Å². The molecule has 1 fully saturated rings. The molecule has 3 rings (SSSR count). The smallest absolute Gasteiger partial charge is 0.234 e. The first-order valence-electron chi connectivity index (χ1n) is 7.02. The number of pyridine rings is 1. The molecule has 0 unspecified atom stereocenters. The van der Waals surface area contributed by atoms with Crippen molar-refractivity contribution in [1.82, 2.24) is 15.1 Å². The Labute approximate surface area is 117 Å². The second-order valence-corrected chi connectivity index (χ2v) is 5.30. The summed E-state index contributed by atoms with van der Waals surface area (Å²) in [6.07, 6.45) is 4.54. The van der Waals surface area contributed by atoms with Crippen molar-refractivity contribution in [3.8, 4) is 11.5 Å². The fourth-order valence-electron chi connectivity index (χ4n) is 2.64. The number of ketones is 1. The van der Waals surface area contributed by atoms with E-state index in [4.69, 9.17) is 4.52 Å². The first-order chi connectivity index (χ1) is 9.72. The fraction of sp³-hybridized carbons (Fsp3) is 0.467. The third-order valence-corrected chi connectivity index (χ3v) is 3.72. The molecule has 0 aromatic carbocycles. The van der Waals surface area contributed by atoms with Gasteiger partial charge in [-0.3, -0.25) is 4.79 Å². The van der Waals surface area contributed by atoms with Crippen molar-refractivity contribution in [3.63, 3.8) is 0 Å². The van der Waals surface area contributed by atoms with E-state index in [1.54, 1.807) is 0 Å². The predicted octanol–water partition coefficient (Wildman–Crippen LogP) is 2.74. The molecular formula is C15H17N3O2. The van der Waals surface area contributed by atoms with Crippen LogP contribution in [-0.2, 0) is 11.2 Å². The molecule has 0 saturated heterocycles. The number of carbonyl (C=O) groups excluding carboxylic acids is 1. The number of aryl methyl sites for hydroxylation is 1. The maximum Gasteiger partial charge on any atom is 0.234 e. The summed E-state index contributed by atoms with van der Waals surface area (Å²) >= 11 is 0. The minimum Gasteiger partial charge on any atom is -0.338 e. The van der Waals surface area contributed by atoms with Crippen molar-refractivity contribution >= 4 is 5.78 Å². The van der Waals surface area contributed by atoms with Crippen LogP contribution >= 0.6 is 0 Å². The predicted molar refractivity (Wildman–Crippen MR) is 72.9 cm³/mol. The summed E-state index contributed by atoms with van der Waals surface area (Å²) in [7, 11) is 0. The molecular weight excluding hydrogens is 254 g/mol. The number of aromatic nitrogens is 3. The van der Waals surface area contributed by atoms with Gasteiger partial charge >= 0.3 is 0 Å². The molecule has 1 aliphatic carbocycles. The van der Waals surface area contributed by atoms with E-state index in [2.05, 4.69) is 15.1 Å². The Kier molecular flexibility index (Phi) is 3.58. The van der Waals surface area contributed by atoms with Gasteiger partial charge in [0.25, 0.3) is 0 Å². The molecule has 1 saturated carbocycles. The second kappa shape index (κ2) is 5.53. The topological polar surface area (TPSA) is 68.9 Å². The Bertz CT molecular complexity index is 615. The highest BCUT2D eigenvalue weighted by Gasteiger charge is 2.24. The van der Waals surface area contributed by atoms with E-state index < -0.39 is 0 Å². The van der Waals surface area contributed by atoms with Gasteiger partial charge in [0.15, 0.2) is 0 Å². The highest BCUT2D eigenvalue weighted by atomic mass is 16.5. The van der Waals surface area contributed by atoms with Crippen LogP contribution < -0.4 is 0 Å². The summed E-state index contributed by atoms with van der Waals surface area (Å²) in [5, 5.41) is 3.91. The lowest BCUT2D eigenvalue weighted by molar-refractivity contribution is -0.122. The van der Waals surface area contributed by atoms with E-state index in [0.29, 0.717) is 17.4 Å². The van der Waals surface area contributed by atoms with E-state index >= 15 is 0 Å². The molecule has 5 nitrogen and oxygen atoms in total. The van der Waals surface area contributed by atoms with E-state index in [0.717, 1.165) is 31.4 Å². The molecule has 5 heteroatoms. The minimum atomic E-state index is 0.183. The Morgan fingerprint density at radius 1 is 1.30 bits per heavy atom. The fourth-order valence-corrected chi connectivity index (χ4v) is 2.64. The van der Waals surface area contributed by atoms with Crippen LogP contribution in [0.5, 0.6) is 0 Å². The standard InChI is InChI=1S/C15H17N3O2/c1-10-5-4-8-12(16-10)15-17-14(20-18-15)9-13(19)11-6-2-3-7-11/h4-5,8,11H,2-3,6-7,9H2,1H3. The van der Waals surface area contributed by atoms with Gasteiger partial charge in [0.1, 0.15) is 11.5 Å². The lowest BCUT2D eigenvalue weighted by atomic mass is 10.0. The van der Waals surface area contributed by atoms with Gasteiger partial charge in [0.05, 0.1) is 6.42 Å². The molecule has 0 N–H and O–H groups in total. The molecule has 0 amide bonds. The number of hydrogen-bond acceptors (Lipinski definition) is 5. The normalized spacial score (nSPS) is 15.7. The molecule has 104 valence electrons. The summed E-state index contributed by atoms with van der Waals surface area (Å²) in [6, 6.07) is 5.64. The number of Topliss-reactive ketones (excluding diaryl/α,β-unsaturated/α-hetero) is 1. The van der Waals surface area contributed by atoms with Gasteiger partial charge in [0.2, 0.25) is 11.7 Å². The highest BCUT2D eigenvalue weighted by molar-refractivity contribution is 5.82. The number of nitrogens with zero attached hydrogens (tertiary/aromatic N) is 3. The SMILES string of the molecule is Cc1cccc(-c2noc(CC(=O)C3CCCC3)n2)n1. The number of carbonyl (C=O) groups is 1. The zero-order valence-electron chi connectivity index (χ0n) is 11.5. The van der Waals surface area contributed by atoms with Crippen LogP contribution in [-0.4, -0.2) is 20.9 Å². The Balaban J connectivity index is 1.72. The third kappa shape index (κ3) is 2.76. The number of rotatable bonds is 4.